The second kappa shape index (κ2) is 5.24. The molecule has 0 aliphatic carbocycles. The van der Waals surface area contributed by atoms with E-state index in [1.54, 1.807) is 0 Å². The SMILES string of the molecule is Cn1c2ccccc2c2ccc3oc4ccc(-c5ccccc5)cc4c3c21. The van der Waals surface area contributed by atoms with Gasteiger partial charge in [0.15, 0.2) is 0 Å². The van der Waals surface area contributed by atoms with E-state index in [0.717, 1.165) is 11.2 Å². The maximum absolute atomic E-state index is 6.19. The van der Waals surface area contributed by atoms with Crippen molar-refractivity contribution in [3.05, 3.63) is 84.9 Å². The quantitative estimate of drug-likeness (QED) is 0.316. The number of aryl methyl sites for hydroxylation is 1. The minimum Gasteiger partial charge on any atom is -0.456 e. The molecule has 2 aromatic heterocycles. The number of benzene rings is 4. The summed E-state index contributed by atoms with van der Waals surface area (Å²) in [7, 11) is 2.14. The second-order valence-electron chi connectivity index (χ2n) is 7.09. The fourth-order valence-corrected chi connectivity index (χ4v) is 4.34. The van der Waals surface area contributed by atoms with Crippen LogP contribution < -0.4 is 0 Å². The van der Waals surface area contributed by atoms with Crippen LogP contribution in [0.5, 0.6) is 0 Å². The molecule has 2 nitrogen and oxygen atoms in total. The van der Waals surface area contributed by atoms with Crippen molar-refractivity contribution in [1.29, 1.82) is 0 Å². The molecular formula is C25H17NO. The van der Waals surface area contributed by atoms with Crippen molar-refractivity contribution in [2.24, 2.45) is 7.05 Å². The van der Waals surface area contributed by atoms with Gasteiger partial charge in [0.1, 0.15) is 11.2 Å². The van der Waals surface area contributed by atoms with Crippen LogP contribution >= 0.6 is 0 Å². The Morgan fingerprint density at radius 3 is 2.30 bits per heavy atom. The number of fused-ring (bicyclic) bond motifs is 7. The van der Waals surface area contributed by atoms with Crippen LogP contribution in [0.1, 0.15) is 0 Å². The van der Waals surface area contributed by atoms with Crippen molar-refractivity contribution in [1.82, 2.24) is 4.57 Å². The van der Waals surface area contributed by atoms with Gasteiger partial charge in [-0.1, -0.05) is 54.6 Å². The zero-order chi connectivity index (χ0) is 18.0. The molecule has 0 radical (unpaired) electrons. The molecule has 6 rings (SSSR count). The monoisotopic (exact) mass is 347 g/mol. The molecule has 0 aliphatic rings. The lowest BCUT2D eigenvalue weighted by molar-refractivity contribution is 0.669. The van der Waals surface area contributed by atoms with Gasteiger partial charge in [0.25, 0.3) is 0 Å². The minimum atomic E-state index is 0.933. The Kier molecular flexibility index (Phi) is 2.84. The molecule has 0 unspecified atom stereocenters. The predicted molar refractivity (Wildman–Crippen MR) is 113 cm³/mol. The third-order valence-corrected chi connectivity index (χ3v) is 5.61. The van der Waals surface area contributed by atoms with Gasteiger partial charge in [-0.15, -0.1) is 0 Å². The van der Waals surface area contributed by atoms with Crippen LogP contribution in [0.25, 0.3) is 54.9 Å². The molecule has 2 heteroatoms. The summed E-state index contributed by atoms with van der Waals surface area (Å²) in [6.07, 6.45) is 0. The minimum absolute atomic E-state index is 0.933. The van der Waals surface area contributed by atoms with E-state index in [0.29, 0.717) is 0 Å². The first kappa shape index (κ1) is 14.6. The Balaban J connectivity index is 1.79. The summed E-state index contributed by atoms with van der Waals surface area (Å²) in [5, 5.41) is 4.92. The van der Waals surface area contributed by atoms with Gasteiger partial charge in [0.05, 0.1) is 10.9 Å². The fraction of sp³-hybridized carbons (Fsp3) is 0.0400. The molecule has 0 saturated carbocycles. The third kappa shape index (κ3) is 1.95. The average Bonchev–Trinajstić information content (AvgIpc) is 3.24. The van der Waals surface area contributed by atoms with Gasteiger partial charge in [-0.05, 0) is 41.5 Å². The number of aromatic nitrogens is 1. The van der Waals surface area contributed by atoms with E-state index in [1.165, 1.54) is 43.7 Å². The van der Waals surface area contributed by atoms with E-state index in [1.807, 2.05) is 6.07 Å². The molecular weight excluding hydrogens is 330 g/mol. The van der Waals surface area contributed by atoms with Gasteiger partial charge in [0.2, 0.25) is 0 Å². The lowest BCUT2D eigenvalue weighted by atomic mass is 10.0. The molecule has 0 fully saturated rings. The number of para-hydroxylation sites is 1. The maximum atomic E-state index is 6.19. The molecule has 4 aromatic carbocycles. The van der Waals surface area contributed by atoms with Crippen LogP contribution in [0.3, 0.4) is 0 Å². The van der Waals surface area contributed by atoms with E-state index in [-0.39, 0.29) is 0 Å². The summed E-state index contributed by atoms with van der Waals surface area (Å²) in [6, 6.07) is 29.8. The highest BCUT2D eigenvalue weighted by molar-refractivity contribution is 6.24. The van der Waals surface area contributed by atoms with Crippen molar-refractivity contribution in [2.75, 3.05) is 0 Å². The first-order valence-electron chi connectivity index (χ1n) is 9.19. The Morgan fingerprint density at radius 2 is 1.41 bits per heavy atom. The molecule has 0 bridgehead atoms. The second-order valence-corrected chi connectivity index (χ2v) is 7.09. The van der Waals surface area contributed by atoms with Crippen LogP contribution in [0.15, 0.2) is 89.3 Å². The Morgan fingerprint density at radius 1 is 0.630 bits per heavy atom. The van der Waals surface area contributed by atoms with Gasteiger partial charge in [0, 0.05) is 28.7 Å². The molecule has 0 saturated heterocycles. The first-order valence-corrected chi connectivity index (χ1v) is 9.19. The van der Waals surface area contributed by atoms with E-state index >= 15 is 0 Å². The fourth-order valence-electron chi connectivity index (χ4n) is 4.34. The van der Waals surface area contributed by atoms with Gasteiger partial charge in [-0.2, -0.15) is 0 Å². The van der Waals surface area contributed by atoms with Gasteiger partial charge >= 0.3 is 0 Å². The molecule has 2 heterocycles. The molecule has 0 atom stereocenters. The van der Waals surface area contributed by atoms with E-state index in [4.69, 9.17) is 4.42 Å². The summed E-state index contributed by atoms with van der Waals surface area (Å²) in [5.74, 6) is 0. The number of rotatable bonds is 1. The molecule has 128 valence electrons. The Hall–Kier alpha value is -3.52. The molecule has 6 aromatic rings. The van der Waals surface area contributed by atoms with Crippen molar-refractivity contribution in [3.63, 3.8) is 0 Å². The molecule has 0 spiro atoms. The third-order valence-electron chi connectivity index (χ3n) is 5.61. The Bertz CT molecular complexity index is 1470. The van der Waals surface area contributed by atoms with Gasteiger partial charge in [-0.25, -0.2) is 0 Å². The van der Waals surface area contributed by atoms with E-state index in [9.17, 15) is 0 Å². The topological polar surface area (TPSA) is 18.1 Å². The molecule has 27 heavy (non-hydrogen) atoms. The van der Waals surface area contributed by atoms with E-state index < -0.39 is 0 Å². The largest absolute Gasteiger partial charge is 0.456 e. The first-order chi connectivity index (χ1) is 13.3. The van der Waals surface area contributed by atoms with Crippen LogP contribution in [-0.2, 0) is 7.05 Å². The highest BCUT2D eigenvalue weighted by Crippen LogP contribution is 2.39. The number of hydrogen-bond donors (Lipinski definition) is 0. The summed E-state index contributed by atoms with van der Waals surface area (Å²) in [4.78, 5) is 0. The number of furan rings is 1. The number of hydrogen-bond acceptors (Lipinski definition) is 1. The van der Waals surface area contributed by atoms with Crippen LogP contribution in [0.2, 0.25) is 0 Å². The average molecular weight is 347 g/mol. The van der Waals surface area contributed by atoms with Gasteiger partial charge in [-0.3, -0.25) is 0 Å². The number of nitrogens with zero attached hydrogens (tertiary/aromatic N) is 1. The highest BCUT2D eigenvalue weighted by atomic mass is 16.3. The Labute approximate surface area is 156 Å². The normalized spacial score (nSPS) is 11.9. The summed E-state index contributed by atoms with van der Waals surface area (Å²) in [5.41, 5.74) is 6.78. The molecule has 0 N–H and O–H groups in total. The van der Waals surface area contributed by atoms with Crippen molar-refractivity contribution in [2.45, 2.75) is 0 Å². The summed E-state index contributed by atoms with van der Waals surface area (Å²) < 4.78 is 8.48. The zero-order valence-electron chi connectivity index (χ0n) is 14.9. The lowest BCUT2D eigenvalue weighted by Crippen LogP contribution is -1.87. The van der Waals surface area contributed by atoms with Crippen LogP contribution in [-0.4, -0.2) is 4.57 Å². The zero-order valence-corrected chi connectivity index (χ0v) is 14.9. The standard InChI is InChI=1S/C25H17NO/c1-26-21-10-6-5-9-18(21)19-12-14-23-24(25(19)26)20-15-17(11-13-22(20)27-23)16-7-3-2-4-8-16/h2-15H,1H3. The highest BCUT2D eigenvalue weighted by Gasteiger charge is 2.16. The smallest absolute Gasteiger partial charge is 0.137 e. The molecule has 0 amide bonds. The molecule has 0 aliphatic heterocycles. The van der Waals surface area contributed by atoms with E-state index in [2.05, 4.69) is 90.5 Å². The van der Waals surface area contributed by atoms with Gasteiger partial charge < -0.3 is 8.98 Å². The maximum Gasteiger partial charge on any atom is 0.137 e. The lowest BCUT2D eigenvalue weighted by Gasteiger charge is -2.02. The summed E-state index contributed by atoms with van der Waals surface area (Å²) >= 11 is 0. The summed E-state index contributed by atoms with van der Waals surface area (Å²) in [6.45, 7) is 0. The predicted octanol–water partition coefficient (Wildman–Crippen LogP) is 6.90. The van der Waals surface area contributed by atoms with Crippen LogP contribution in [0.4, 0.5) is 0 Å². The van der Waals surface area contributed by atoms with Crippen molar-refractivity contribution in [3.8, 4) is 11.1 Å². The van der Waals surface area contributed by atoms with Crippen molar-refractivity contribution < 1.29 is 4.42 Å². The van der Waals surface area contributed by atoms with Crippen LogP contribution in [0, 0.1) is 0 Å². The van der Waals surface area contributed by atoms with Crippen molar-refractivity contribution >= 4 is 43.7 Å².